The van der Waals surface area contributed by atoms with Crippen LogP contribution in [0.25, 0.3) is 44.7 Å². The standard InChI is InChI=1S/C25H27FN10/c1-14(2)30-16-8-15(9-27-10-16)22-21(26)20-17(12-29-22)33-34-24(20)25-31-18-11-28-13-19(23(18)32-25)36-6-4-35(3)5-7-36/h8-14,30H,4-7H2,1-3H3,(H,31,32)(H,33,34). The number of imidazole rings is 1. The number of H-pyrrole nitrogens is 2. The fourth-order valence-corrected chi connectivity index (χ4v) is 4.64. The number of hydrogen-bond acceptors (Lipinski definition) is 8. The maximum Gasteiger partial charge on any atom is 0.161 e. The van der Waals surface area contributed by atoms with Crippen LogP contribution in [0.4, 0.5) is 15.8 Å². The Balaban J connectivity index is 1.43. The van der Waals surface area contributed by atoms with Gasteiger partial charge in [0.15, 0.2) is 11.6 Å². The zero-order chi connectivity index (χ0) is 24.8. The van der Waals surface area contributed by atoms with Crippen LogP contribution in [0.3, 0.4) is 0 Å². The lowest BCUT2D eigenvalue weighted by Gasteiger charge is -2.33. The summed E-state index contributed by atoms with van der Waals surface area (Å²) >= 11 is 0. The van der Waals surface area contributed by atoms with E-state index in [-0.39, 0.29) is 11.7 Å². The first-order valence-corrected chi connectivity index (χ1v) is 12.0. The molecule has 0 radical (unpaired) electrons. The van der Waals surface area contributed by atoms with Crippen LogP contribution in [-0.4, -0.2) is 79.3 Å². The predicted molar refractivity (Wildman–Crippen MR) is 138 cm³/mol. The molecule has 6 rings (SSSR count). The maximum absolute atomic E-state index is 16.0. The molecule has 3 N–H and O–H groups in total. The van der Waals surface area contributed by atoms with Gasteiger partial charge in [-0.2, -0.15) is 5.10 Å². The summed E-state index contributed by atoms with van der Waals surface area (Å²) < 4.78 is 16.0. The van der Waals surface area contributed by atoms with E-state index >= 15 is 4.39 Å². The van der Waals surface area contributed by atoms with Gasteiger partial charge in [0.1, 0.15) is 16.9 Å². The molecule has 1 aliphatic heterocycles. The van der Waals surface area contributed by atoms with E-state index in [1.807, 2.05) is 26.1 Å². The minimum absolute atomic E-state index is 0.209. The van der Waals surface area contributed by atoms with Crippen molar-refractivity contribution in [2.45, 2.75) is 19.9 Å². The van der Waals surface area contributed by atoms with Gasteiger partial charge in [0, 0.05) is 50.2 Å². The summed E-state index contributed by atoms with van der Waals surface area (Å²) in [6, 6.07) is 2.07. The van der Waals surface area contributed by atoms with Gasteiger partial charge in [0.2, 0.25) is 0 Å². The summed E-state index contributed by atoms with van der Waals surface area (Å²) in [7, 11) is 2.12. The number of aromatic nitrogens is 7. The quantitative estimate of drug-likeness (QED) is 0.345. The predicted octanol–water partition coefficient (Wildman–Crippen LogP) is 3.67. The Morgan fingerprint density at radius 3 is 2.58 bits per heavy atom. The van der Waals surface area contributed by atoms with Gasteiger partial charge in [-0.05, 0) is 27.0 Å². The van der Waals surface area contributed by atoms with Gasteiger partial charge in [-0.15, -0.1) is 0 Å². The lowest BCUT2D eigenvalue weighted by atomic mass is 10.1. The third-order valence-electron chi connectivity index (χ3n) is 6.45. The molecule has 5 aromatic rings. The number of likely N-dealkylation sites (N-methyl/N-ethyl adjacent to an activating group) is 1. The number of fused-ring (bicyclic) bond motifs is 2. The first-order chi connectivity index (χ1) is 17.5. The second-order valence-corrected chi connectivity index (χ2v) is 9.47. The highest BCUT2D eigenvalue weighted by Crippen LogP contribution is 2.34. The van der Waals surface area contributed by atoms with Crippen LogP contribution < -0.4 is 10.2 Å². The summed E-state index contributed by atoms with van der Waals surface area (Å²) in [6.07, 6.45) is 8.49. The van der Waals surface area contributed by atoms with Crippen LogP contribution in [0.5, 0.6) is 0 Å². The summed E-state index contributed by atoms with van der Waals surface area (Å²) in [6.45, 7) is 7.81. The van der Waals surface area contributed by atoms with Crippen molar-refractivity contribution >= 4 is 33.3 Å². The Morgan fingerprint density at radius 1 is 0.972 bits per heavy atom. The second-order valence-electron chi connectivity index (χ2n) is 9.47. The Morgan fingerprint density at radius 2 is 1.78 bits per heavy atom. The Bertz CT molecular complexity index is 1550. The lowest BCUT2D eigenvalue weighted by Crippen LogP contribution is -2.44. The Kier molecular flexibility index (Phi) is 5.48. The van der Waals surface area contributed by atoms with Gasteiger partial charge in [-0.25, -0.2) is 9.37 Å². The molecule has 0 saturated carbocycles. The van der Waals surface area contributed by atoms with E-state index in [2.05, 4.69) is 52.3 Å². The number of hydrogen-bond donors (Lipinski definition) is 3. The minimum Gasteiger partial charge on any atom is -0.382 e. The molecule has 0 aromatic carbocycles. The van der Waals surface area contributed by atoms with Gasteiger partial charge < -0.3 is 20.1 Å². The zero-order valence-corrected chi connectivity index (χ0v) is 20.4. The molecule has 0 atom stereocenters. The molecule has 11 heteroatoms. The van der Waals surface area contributed by atoms with Crippen molar-refractivity contribution in [2.24, 2.45) is 0 Å². The molecule has 1 fully saturated rings. The van der Waals surface area contributed by atoms with Crippen molar-refractivity contribution in [3.8, 4) is 22.8 Å². The van der Waals surface area contributed by atoms with Gasteiger partial charge in [0.05, 0.1) is 46.4 Å². The lowest BCUT2D eigenvalue weighted by molar-refractivity contribution is 0.313. The van der Waals surface area contributed by atoms with Crippen LogP contribution in [0.1, 0.15) is 13.8 Å². The largest absolute Gasteiger partial charge is 0.382 e. The van der Waals surface area contributed by atoms with Crippen LogP contribution in [0.2, 0.25) is 0 Å². The highest BCUT2D eigenvalue weighted by molar-refractivity contribution is 5.97. The van der Waals surface area contributed by atoms with Crippen molar-refractivity contribution in [1.29, 1.82) is 0 Å². The van der Waals surface area contributed by atoms with Crippen molar-refractivity contribution in [1.82, 2.24) is 40.0 Å². The second kappa shape index (κ2) is 8.83. The van der Waals surface area contributed by atoms with Gasteiger partial charge >= 0.3 is 0 Å². The number of rotatable bonds is 5. The van der Waals surface area contributed by atoms with Gasteiger partial charge in [-0.1, -0.05) is 0 Å². The van der Waals surface area contributed by atoms with Crippen molar-refractivity contribution < 1.29 is 4.39 Å². The van der Waals surface area contributed by atoms with Crippen molar-refractivity contribution in [3.63, 3.8) is 0 Å². The highest BCUT2D eigenvalue weighted by Gasteiger charge is 2.23. The van der Waals surface area contributed by atoms with Crippen molar-refractivity contribution in [3.05, 3.63) is 42.9 Å². The molecule has 0 spiro atoms. The number of pyridine rings is 3. The molecule has 0 unspecified atom stereocenters. The SMILES string of the molecule is CC(C)Nc1cncc(-c2ncc3[nH]nc(-c4nc5c(N6CCN(C)CC6)cncc5[nH]4)c3c2F)c1. The van der Waals surface area contributed by atoms with E-state index in [4.69, 9.17) is 4.98 Å². The van der Waals surface area contributed by atoms with E-state index in [1.165, 1.54) is 0 Å². The normalized spacial score (nSPS) is 14.9. The summed E-state index contributed by atoms with van der Waals surface area (Å²) in [5, 5.41) is 10.9. The third kappa shape index (κ3) is 3.91. The number of piperazine rings is 1. The molecule has 5 aromatic heterocycles. The van der Waals surface area contributed by atoms with E-state index in [9.17, 15) is 0 Å². The minimum atomic E-state index is -0.474. The first-order valence-electron chi connectivity index (χ1n) is 12.0. The van der Waals surface area contributed by atoms with Crippen molar-refractivity contribution in [2.75, 3.05) is 43.4 Å². The molecule has 10 nitrogen and oxygen atoms in total. The molecule has 1 saturated heterocycles. The third-order valence-corrected chi connectivity index (χ3v) is 6.45. The number of nitrogens with one attached hydrogen (secondary N) is 3. The first kappa shape index (κ1) is 22.4. The van der Waals surface area contributed by atoms with E-state index in [0.717, 1.165) is 48.6 Å². The average molecular weight is 487 g/mol. The number of nitrogens with zero attached hydrogens (tertiary/aromatic N) is 7. The van der Waals surface area contributed by atoms with E-state index in [1.54, 1.807) is 24.8 Å². The molecule has 0 bridgehead atoms. The molecule has 184 valence electrons. The molecule has 36 heavy (non-hydrogen) atoms. The fraction of sp³-hybridized carbons (Fsp3) is 0.320. The average Bonchev–Trinajstić information content (AvgIpc) is 3.49. The molecular formula is C25H27FN10. The Hall–Kier alpha value is -4.12. The zero-order valence-electron chi connectivity index (χ0n) is 20.4. The summed E-state index contributed by atoms with van der Waals surface area (Å²) in [5.74, 6) is 0.00152. The van der Waals surface area contributed by atoms with Crippen LogP contribution >= 0.6 is 0 Å². The van der Waals surface area contributed by atoms with E-state index in [0.29, 0.717) is 28.0 Å². The topological polar surface area (TPSA) is 115 Å². The smallest absolute Gasteiger partial charge is 0.161 e. The number of aromatic amines is 2. The number of halogens is 1. The van der Waals surface area contributed by atoms with Crippen LogP contribution in [0, 0.1) is 5.82 Å². The van der Waals surface area contributed by atoms with Gasteiger partial charge in [0.25, 0.3) is 0 Å². The Labute approximate surface area is 207 Å². The molecule has 0 amide bonds. The molecule has 0 aliphatic carbocycles. The highest BCUT2D eigenvalue weighted by atomic mass is 19.1. The monoisotopic (exact) mass is 486 g/mol. The fourth-order valence-electron chi connectivity index (χ4n) is 4.64. The van der Waals surface area contributed by atoms with Crippen LogP contribution in [-0.2, 0) is 0 Å². The molecule has 1 aliphatic rings. The molecule has 6 heterocycles. The summed E-state index contributed by atoms with van der Waals surface area (Å²) in [5.41, 5.74) is 5.03. The van der Waals surface area contributed by atoms with Crippen LogP contribution in [0.15, 0.2) is 37.1 Å². The van der Waals surface area contributed by atoms with E-state index < -0.39 is 5.82 Å². The molecular weight excluding hydrogens is 459 g/mol. The maximum atomic E-state index is 16.0. The summed E-state index contributed by atoms with van der Waals surface area (Å²) in [4.78, 5) is 25.8. The number of anilines is 2. The van der Waals surface area contributed by atoms with Gasteiger partial charge in [-0.3, -0.25) is 20.1 Å².